The van der Waals surface area contributed by atoms with Gasteiger partial charge in [0.1, 0.15) is 11.8 Å². The predicted molar refractivity (Wildman–Crippen MR) is 84.5 cm³/mol. The summed E-state index contributed by atoms with van der Waals surface area (Å²) in [5.41, 5.74) is 3.67. The Morgan fingerprint density at radius 2 is 2.13 bits per heavy atom. The van der Waals surface area contributed by atoms with Crippen molar-refractivity contribution < 1.29 is 14.7 Å². The van der Waals surface area contributed by atoms with E-state index in [1.54, 1.807) is 28.9 Å². The molecule has 1 aromatic carbocycles. The first-order valence-corrected chi connectivity index (χ1v) is 6.90. The molecule has 0 amide bonds. The molecule has 23 heavy (non-hydrogen) atoms. The molecule has 0 unspecified atom stereocenters. The summed E-state index contributed by atoms with van der Waals surface area (Å²) in [7, 11) is 0. The summed E-state index contributed by atoms with van der Waals surface area (Å²) in [6.07, 6.45) is 3.77. The van der Waals surface area contributed by atoms with Crippen molar-refractivity contribution in [1.82, 2.24) is 14.6 Å². The minimum atomic E-state index is -0.997. The lowest BCUT2D eigenvalue weighted by Gasteiger charge is -2.11. The van der Waals surface area contributed by atoms with Crippen molar-refractivity contribution in [3.8, 4) is 0 Å². The molecular formula is C16H14N4O3. The van der Waals surface area contributed by atoms with Crippen LogP contribution in [-0.4, -0.2) is 32.0 Å². The smallest absolute Gasteiger partial charge is 0.335 e. The second-order valence-electron chi connectivity index (χ2n) is 5.19. The fourth-order valence-electron chi connectivity index (χ4n) is 2.41. The van der Waals surface area contributed by atoms with Crippen molar-refractivity contribution in [2.45, 2.75) is 13.8 Å². The molecule has 3 rings (SSSR count). The number of aryl methyl sites for hydroxylation is 2. The molecule has 2 N–H and O–H groups in total. The highest BCUT2D eigenvalue weighted by Crippen LogP contribution is 2.26. The van der Waals surface area contributed by atoms with Gasteiger partial charge in [0.05, 0.1) is 5.56 Å². The molecule has 0 fully saturated rings. The molecule has 116 valence electrons. The van der Waals surface area contributed by atoms with Gasteiger partial charge >= 0.3 is 5.97 Å². The van der Waals surface area contributed by atoms with Crippen LogP contribution in [0.2, 0.25) is 0 Å². The first-order chi connectivity index (χ1) is 11.0. The van der Waals surface area contributed by atoms with Crippen LogP contribution >= 0.6 is 0 Å². The Balaban J connectivity index is 2.12. The van der Waals surface area contributed by atoms with Gasteiger partial charge in [-0.05, 0) is 37.1 Å². The van der Waals surface area contributed by atoms with E-state index in [2.05, 4.69) is 15.4 Å². The van der Waals surface area contributed by atoms with Gasteiger partial charge in [-0.15, -0.1) is 0 Å². The molecule has 0 radical (unpaired) electrons. The Bertz CT molecular complexity index is 930. The Kier molecular flexibility index (Phi) is 3.53. The number of anilines is 2. The second-order valence-corrected chi connectivity index (χ2v) is 5.19. The maximum absolute atomic E-state index is 11.1. The van der Waals surface area contributed by atoms with Gasteiger partial charge in [-0.1, -0.05) is 6.07 Å². The molecule has 2 heterocycles. The third-order valence-corrected chi connectivity index (χ3v) is 3.73. The number of carbonyl (C=O) groups excluding carboxylic acids is 1. The summed E-state index contributed by atoms with van der Waals surface area (Å²) in [6.45, 7) is 3.68. The van der Waals surface area contributed by atoms with E-state index in [1.807, 2.05) is 13.8 Å². The third kappa shape index (κ3) is 2.52. The van der Waals surface area contributed by atoms with Crippen LogP contribution in [0.15, 0.2) is 30.7 Å². The van der Waals surface area contributed by atoms with Crippen LogP contribution < -0.4 is 5.32 Å². The van der Waals surface area contributed by atoms with Gasteiger partial charge in [-0.25, -0.2) is 14.3 Å². The number of aromatic carboxylic acids is 1. The molecule has 0 aliphatic carbocycles. The Morgan fingerprint density at radius 3 is 2.83 bits per heavy atom. The minimum Gasteiger partial charge on any atom is -0.478 e. The largest absolute Gasteiger partial charge is 0.478 e. The standard InChI is InChI=1S/C16H14N4O3/c1-9-3-4-11(16(22)23)5-13(9)19-15-14-10(2)12(7-21)6-20(14)18-8-17-15/h3-8H,1-2H3,(H,22,23)(H,17,18,19). The molecule has 0 saturated heterocycles. The Morgan fingerprint density at radius 1 is 1.35 bits per heavy atom. The molecular weight excluding hydrogens is 296 g/mol. The molecule has 0 aliphatic rings. The van der Waals surface area contributed by atoms with Gasteiger partial charge < -0.3 is 10.4 Å². The second kappa shape index (κ2) is 5.53. The van der Waals surface area contributed by atoms with Crippen molar-refractivity contribution in [3.05, 3.63) is 53.0 Å². The van der Waals surface area contributed by atoms with Gasteiger partial charge in [0, 0.05) is 17.4 Å². The average Bonchev–Trinajstić information content (AvgIpc) is 2.86. The number of hydrogen-bond donors (Lipinski definition) is 2. The van der Waals surface area contributed by atoms with Crippen molar-refractivity contribution in [2.24, 2.45) is 0 Å². The van der Waals surface area contributed by atoms with Gasteiger partial charge in [0.25, 0.3) is 0 Å². The van der Waals surface area contributed by atoms with E-state index in [0.29, 0.717) is 22.6 Å². The van der Waals surface area contributed by atoms with Gasteiger partial charge in [0.2, 0.25) is 0 Å². The van der Waals surface area contributed by atoms with Gasteiger partial charge in [-0.2, -0.15) is 5.10 Å². The number of fused-ring (bicyclic) bond motifs is 1. The predicted octanol–water partition coefficient (Wildman–Crippen LogP) is 2.60. The molecule has 7 heteroatoms. The molecule has 0 saturated carbocycles. The highest BCUT2D eigenvalue weighted by molar-refractivity contribution is 5.91. The number of benzene rings is 1. The number of carbonyl (C=O) groups is 2. The van der Waals surface area contributed by atoms with Crippen LogP contribution in [0.4, 0.5) is 11.5 Å². The van der Waals surface area contributed by atoms with Gasteiger partial charge in [0.15, 0.2) is 12.1 Å². The SMILES string of the molecule is Cc1ccc(C(=O)O)cc1Nc1ncnn2cc(C=O)c(C)c12. The summed E-state index contributed by atoms with van der Waals surface area (Å²) < 4.78 is 1.57. The normalized spacial score (nSPS) is 10.7. The molecule has 7 nitrogen and oxygen atoms in total. The van der Waals surface area contributed by atoms with E-state index in [-0.39, 0.29) is 5.56 Å². The molecule has 0 bridgehead atoms. The Labute approximate surface area is 131 Å². The van der Waals surface area contributed by atoms with E-state index < -0.39 is 5.97 Å². The van der Waals surface area contributed by atoms with E-state index >= 15 is 0 Å². The number of carboxylic acid groups (broad SMARTS) is 1. The van der Waals surface area contributed by atoms with Crippen LogP contribution in [0.1, 0.15) is 31.8 Å². The molecule has 2 aromatic heterocycles. The number of nitrogens with one attached hydrogen (secondary N) is 1. The summed E-state index contributed by atoms with van der Waals surface area (Å²) in [6, 6.07) is 4.83. The minimum absolute atomic E-state index is 0.184. The van der Waals surface area contributed by atoms with Crippen LogP contribution in [0.25, 0.3) is 5.52 Å². The molecule has 3 aromatic rings. The zero-order valence-electron chi connectivity index (χ0n) is 12.6. The molecule has 0 aliphatic heterocycles. The molecule has 0 atom stereocenters. The maximum atomic E-state index is 11.1. The Hall–Kier alpha value is -3.22. The van der Waals surface area contributed by atoms with E-state index in [1.165, 1.54) is 6.33 Å². The maximum Gasteiger partial charge on any atom is 0.335 e. The summed E-state index contributed by atoms with van der Waals surface area (Å²) in [4.78, 5) is 26.4. The average molecular weight is 310 g/mol. The number of hydrogen-bond acceptors (Lipinski definition) is 5. The zero-order valence-corrected chi connectivity index (χ0v) is 12.6. The highest BCUT2D eigenvalue weighted by Gasteiger charge is 2.14. The van der Waals surface area contributed by atoms with Crippen molar-refractivity contribution in [2.75, 3.05) is 5.32 Å². The van der Waals surface area contributed by atoms with Crippen LogP contribution in [0.5, 0.6) is 0 Å². The van der Waals surface area contributed by atoms with E-state index in [9.17, 15) is 9.59 Å². The fourth-order valence-corrected chi connectivity index (χ4v) is 2.41. The highest BCUT2D eigenvalue weighted by atomic mass is 16.4. The first-order valence-electron chi connectivity index (χ1n) is 6.90. The number of rotatable bonds is 4. The first kappa shape index (κ1) is 14.7. The molecule has 0 spiro atoms. The lowest BCUT2D eigenvalue weighted by molar-refractivity contribution is 0.0696. The number of nitrogens with zero attached hydrogens (tertiary/aromatic N) is 3. The third-order valence-electron chi connectivity index (χ3n) is 3.73. The summed E-state index contributed by atoms with van der Waals surface area (Å²) >= 11 is 0. The number of aromatic nitrogens is 3. The zero-order chi connectivity index (χ0) is 16.6. The van der Waals surface area contributed by atoms with Crippen LogP contribution in [0.3, 0.4) is 0 Å². The fraction of sp³-hybridized carbons (Fsp3) is 0.125. The van der Waals surface area contributed by atoms with Crippen LogP contribution in [0, 0.1) is 13.8 Å². The lowest BCUT2D eigenvalue weighted by Crippen LogP contribution is -2.03. The van der Waals surface area contributed by atoms with Gasteiger partial charge in [-0.3, -0.25) is 4.79 Å². The van der Waals surface area contributed by atoms with E-state index in [0.717, 1.165) is 17.4 Å². The summed E-state index contributed by atoms with van der Waals surface area (Å²) in [5.74, 6) is -0.487. The monoisotopic (exact) mass is 310 g/mol. The quantitative estimate of drug-likeness (QED) is 0.719. The van der Waals surface area contributed by atoms with Crippen LogP contribution in [-0.2, 0) is 0 Å². The van der Waals surface area contributed by atoms with E-state index in [4.69, 9.17) is 5.11 Å². The van der Waals surface area contributed by atoms with Crippen molar-refractivity contribution >= 4 is 29.3 Å². The number of carboxylic acids is 1. The number of aldehydes is 1. The summed E-state index contributed by atoms with van der Waals surface area (Å²) in [5, 5.41) is 16.4. The lowest BCUT2D eigenvalue weighted by atomic mass is 10.1. The van der Waals surface area contributed by atoms with Crippen molar-refractivity contribution in [1.29, 1.82) is 0 Å². The topological polar surface area (TPSA) is 96.6 Å². The van der Waals surface area contributed by atoms with Crippen molar-refractivity contribution in [3.63, 3.8) is 0 Å².